The highest BCUT2D eigenvalue weighted by Gasteiger charge is 2.13. The number of carbonyl (C=O) groups is 2. The van der Waals surface area contributed by atoms with Crippen LogP contribution >= 0.6 is 0 Å². The molecule has 7 heteroatoms. The first kappa shape index (κ1) is 21.5. The number of carbonyl (C=O) groups excluding carboxylic acids is 2. The molecule has 0 atom stereocenters. The predicted octanol–water partition coefficient (Wildman–Crippen LogP) is 3.82. The Morgan fingerprint density at radius 2 is 1.86 bits per heavy atom. The second-order valence-electron chi connectivity index (χ2n) is 5.95. The van der Waals surface area contributed by atoms with Crippen LogP contribution in [0.15, 0.2) is 48.0 Å². The average molecular weight is 394 g/mol. The second-order valence-corrected chi connectivity index (χ2v) is 5.95. The van der Waals surface area contributed by atoms with Gasteiger partial charge in [-0.05, 0) is 48.9 Å². The maximum absolute atomic E-state index is 12.5. The Kier molecular flexibility index (Phi) is 7.80. The van der Waals surface area contributed by atoms with Gasteiger partial charge in [0.05, 0.1) is 26.4 Å². The van der Waals surface area contributed by atoms with Crippen molar-refractivity contribution in [3.05, 3.63) is 59.2 Å². The maximum atomic E-state index is 12.5. The van der Waals surface area contributed by atoms with Crippen LogP contribution < -0.4 is 14.8 Å². The van der Waals surface area contributed by atoms with Crippen LogP contribution in [0.5, 0.6) is 11.5 Å². The molecule has 0 spiro atoms. The summed E-state index contributed by atoms with van der Waals surface area (Å²) in [6.07, 6.45) is 2.27. The van der Waals surface area contributed by atoms with Gasteiger partial charge in [0.2, 0.25) is 0 Å². The molecule has 0 fully saturated rings. The Morgan fingerprint density at radius 1 is 1.14 bits per heavy atom. The molecular formula is C22H22N2O5. The van der Waals surface area contributed by atoms with E-state index in [9.17, 15) is 14.9 Å². The minimum Gasteiger partial charge on any atom is -0.497 e. The molecule has 150 valence electrons. The molecule has 1 amide bonds. The van der Waals surface area contributed by atoms with Gasteiger partial charge in [-0.2, -0.15) is 5.26 Å². The minimum absolute atomic E-state index is 0.0893. The third-order valence-corrected chi connectivity index (χ3v) is 3.91. The quantitative estimate of drug-likeness (QED) is 0.415. The van der Waals surface area contributed by atoms with E-state index in [-0.39, 0.29) is 5.57 Å². The van der Waals surface area contributed by atoms with Crippen molar-refractivity contribution < 1.29 is 23.8 Å². The highest BCUT2D eigenvalue weighted by Crippen LogP contribution is 2.27. The molecule has 29 heavy (non-hydrogen) atoms. The smallest absolute Gasteiger partial charge is 0.337 e. The van der Waals surface area contributed by atoms with E-state index in [1.54, 1.807) is 37.4 Å². The number of anilines is 1. The summed E-state index contributed by atoms with van der Waals surface area (Å²) in [5.74, 6) is 0.0891. The summed E-state index contributed by atoms with van der Waals surface area (Å²) in [6, 6.07) is 13.2. The number of nitrogens with zero attached hydrogens (tertiary/aromatic N) is 1. The van der Waals surface area contributed by atoms with Crippen molar-refractivity contribution in [3.63, 3.8) is 0 Å². The molecule has 0 radical (unpaired) electrons. The topological polar surface area (TPSA) is 97.6 Å². The number of nitriles is 1. The monoisotopic (exact) mass is 394 g/mol. The number of nitrogens with one attached hydrogen (secondary N) is 1. The summed E-state index contributed by atoms with van der Waals surface area (Å²) in [7, 11) is 2.84. The summed E-state index contributed by atoms with van der Waals surface area (Å²) >= 11 is 0. The van der Waals surface area contributed by atoms with Gasteiger partial charge in [-0.1, -0.05) is 6.92 Å². The largest absolute Gasteiger partial charge is 0.497 e. The third-order valence-electron chi connectivity index (χ3n) is 3.91. The Labute approximate surface area is 169 Å². The molecule has 0 aromatic heterocycles. The van der Waals surface area contributed by atoms with Gasteiger partial charge < -0.3 is 19.5 Å². The predicted molar refractivity (Wildman–Crippen MR) is 109 cm³/mol. The lowest BCUT2D eigenvalue weighted by Crippen LogP contribution is -2.13. The van der Waals surface area contributed by atoms with Crippen LogP contribution in [0, 0.1) is 11.3 Å². The van der Waals surface area contributed by atoms with Crippen molar-refractivity contribution in [1.29, 1.82) is 5.26 Å². The fraction of sp³-hybridized carbons (Fsp3) is 0.227. The average Bonchev–Trinajstić information content (AvgIpc) is 2.76. The lowest BCUT2D eigenvalue weighted by Gasteiger charge is -2.11. The summed E-state index contributed by atoms with van der Waals surface area (Å²) in [5.41, 5.74) is 1.30. The fourth-order valence-corrected chi connectivity index (χ4v) is 2.41. The Bertz CT molecular complexity index is 943. The number of hydrogen-bond acceptors (Lipinski definition) is 6. The van der Waals surface area contributed by atoms with Crippen molar-refractivity contribution in [1.82, 2.24) is 0 Å². The van der Waals surface area contributed by atoms with Gasteiger partial charge in [-0.15, -0.1) is 0 Å². The first-order valence-electron chi connectivity index (χ1n) is 8.94. The lowest BCUT2D eigenvalue weighted by atomic mass is 10.1. The van der Waals surface area contributed by atoms with Gasteiger partial charge in [-0.25, -0.2) is 4.79 Å². The second kappa shape index (κ2) is 10.5. The summed E-state index contributed by atoms with van der Waals surface area (Å²) < 4.78 is 15.5. The van der Waals surface area contributed by atoms with Crippen molar-refractivity contribution in [3.8, 4) is 17.6 Å². The number of rotatable bonds is 8. The molecule has 0 aliphatic rings. The number of amides is 1. The van der Waals surface area contributed by atoms with Gasteiger partial charge >= 0.3 is 5.97 Å². The van der Waals surface area contributed by atoms with E-state index in [1.807, 2.05) is 13.0 Å². The van der Waals surface area contributed by atoms with Crippen molar-refractivity contribution >= 4 is 23.6 Å². The van der Waals surface area contributed by atoms with E-state index in [0.717, 1.165) is 6.42 Å². The summed E-state index contributed by atoms with van der Waals surface area (Å²) in [5, 5.41) is 12.1. The van der Waals surface area contributed by atoms with Crippen LogP contribution in [0.4, 0.5) is 5.69 Å². The molecule has 0 heterocycles. The standard InChI is InChI=1S/C22H22N2O5/c1-4-11-29-20-13-19(27-2)10-7-16(20)12-17(14-23)21(25)24-18-8-5-15(6-9-18)22(26)28-3/h5-10,12-13H,4,11H2,1-3H3,(H,24,25)/b17-12+. The van der Waals surface area contributed by atoms with E-state index in [0.29, 0.717) is 34.9 Å². The van der Waals surface area contributed by atoms with E-state index < -0.39 is 11.9 Å². The molecule has 0 aliphatic heterocycles. The van der Waals surface area contributed by atoms with Crippen LogP contribution in [0.3, 0.4) is 0 Å². The zero-order valence-electron chi connectivity index (χ0n) is 16.5. The minimum atomic E-state index is -0.574. The number of esters is 1. The fourth-order valence-electron chi connectivity index (χ4n) is 2.41. The molecule has 2 aromatic rings. The number of hydrogen-bond donors (Lipinski definition) is 1. The van der Waals surface area contributed by atoms with Gasteiger partial charge in [-0.3, -0.25) is 4.79 Å². The molecule has 1 N–H and O–H groups in total. The van der Waals surface area contributed by atoms with Crippen molar-refractivity contribution in [2.75, 3.05) is 26.1 Å². The highest BCUT2D eigenvalue weighted by atomic mass is 16.5. The summed E-state index contributed by atoms with van der Waals surface area (Å²) in [6.45, 7) is 2.48. The van der Waals surface area contributed by atoms with Gasteiger partial charge in [0.1, 0.15) is 23.1 Å². The van der Waals surface area contributed by atoms with Gasteiger partial charge in [0.15, 0.2) is 0 Å². The third kappa shape index (κ3) is 5.84. The molecular weight excluding hydrogens is 372 g/mol. The Morgan fingerprint density at radius 3 is 2.45 bits per heavy atom. The molecule has 0 bridgehead atoms. The normalized spacial score (nSPS) is 10.6. The maximum Gasteiger partial charge on any atom is 0.337 e. The van der Waals surface area contributed by atoms with Crippen molar-refractivity contribution in [2.24, 2.45) is 0 Å². The molecule has 0 unspecified atom stereocenters. The van der Waals surface area contributed by atoms with Crippen LogP contribution in [-0.4, -0.2) is 32.7 Å². The van der Waals surface area contributed by atoms with E-state index in [2.05, 4.69) is 10.1 Å². The molecule has 0 saturated carbocycles. The number of benzene rings is 2. The van der Waals surface area contributed by atoms with E-state index >= 15 is 0 Å². The van der Waals surface area contributed by atoms with Crippen molar-refractivity contribution in [2.45, 2.75) is 13.3 Å². The zero-order valence-corrected chi connectivity index (χ0v) is 16.5. The number of ether oxygens (including phenoxy) is 3. The molecule has 0 aliphatic carbocycles. The summed E-state index contributed by atoms with van der Waals surface area (Å²) in [4.78, 5) is 24.0. The molecule has 2 aromatic carbocycles. The van der Waals surface area contributed by atoms with Gasteiger partial charge in [0, 0.05) is 17.3 Å². The number of methoxy groups -OCH3 is 2. The Balaban J connectivity index is 2.24. The SMILES string of the molecule is CCCOc1cc(OC)ccc1/C=C(\C#N)C(=O)Nc1ccc(C(=O)OC)cc1. The lowest BCUT2D eigenvalue weighted by molar-refractivity contribution is -0.112. The van der Waals surface area contributed by atoms with Crippen LogP contribution in [0.1, 0.15) is 29.3 Å². The van der Waals surface area contributed by atoms with Gasteiger partial charge in [0.25, 0.3) is 5.91 Å². The zero-order chi connectivity index (χ0) is 21.2. The van der Waals surface area contributed by atoms with E-state index in [4.69, 9.17) is 9.47 Å². The molecule has 2 rings (SSSR count). The van der Waals surface area contributed by atoms with E-state index in [1.165, 1.54) is 25.3 Å². The van der Waals surface area contributed by atoms with Crippen LogP contribution in [0.25, 0.3) is 6.08 Å². The molecule has 0 saturated heterocycles. The first-order valence-corrected chi connectivity index (χ1v) is 8.94. The first-order chi connectivity index (χ1) is 14.0. The molecule has 7 nitrogen and oxygen atoms in total. The van der Waals surface area contributed by atoms with Crippen LogP contribution in [-0.2, 0) is 9.53 Å². The van der Waals surface area contributed by atoms with Crippen LogP contribution in [0.2, 0.25) is 0 Å². The highest BCUT2D eigenvalue weighted by molar-refractivity contribution is 6.10. The Hall–Kier alpha value is -3.79.